The van der Waals surface area contributed by atoms with Crippen molar-refractivity contribution in [3.63, 3.8) is 0 Å². The van der Waals surface area contributed by atoms with Crippen LogP contribution in [0.4, 0.5) is 9.52 Å². The number of benzene rings is 2. The summed E-state index contributed by atoms with van der Waals surface area (Å²) in [5, 5.41) is 12.2. The maximum Gasteiger partial charge on any atom is 0.236 e. The molecule has 2 aromatic heterocycles. The Morgan fingerprint density at radius 2 is 1.94 bits per heavy atom. The molecule has 162 valence electrons. The Labute approximate surface area is 193 Å². The summed E-state index contributed by atoms with van der Waals surface area (Å²) in [6, 6.07) is 16.2. The molecule has 0 unspecified atom stereocenters. The van der Waals surface area contributed by atoms with Crippen molar-refractivity contribution in [3.05, 3.63) is 77.9 Å². The number of hydrogen-bond acceptors (Lipinski definition) is 6. The van der Waals surface area contributed by atoms with Gasteiger partial charge in [-0.25, -0.2) is 9.37 Å². The molecule has 0 fully saturated rings. The van der Waals surface area contributed by atoms with Crippen LogP contribution in [-0.4, -0.2) is 31.4 Å². The zero-order chi connectivity index (χ0) is 22.5. The minimum Gasteiger partial charge on any atom is -0.301 e. The average molecular weight is 466 g/mol. The number of aryl methyl sites for hydroxylation is 1. The monoisotopic (exact) mass is 465 g/mol. The third-order valence-electron chi connectivity index (χ3n) is 4.57. The number of carbonyl (C=O) groups excluding carboxylic acids is 1. The van der Waals surface area contributed by atoms with E-state index in [9.17, 15) is 9.18 Å². The summed E-state index contributed by atoms with van der Waals surface area (Å²) in [7, 11) is 0. The van der Waals surface area contributed by atoms with Gasteiger partial charge in [-0.3, -0.25) is 9.36 Å². The van der Waals surface area contributed by atoms with Crippen molar-refractivity contribution in [2.45, 2.75) is 18.6 Å². The maximum absolute atomic E-state index is 14.2. The second-order valence-corrected chi connectivity index (χ2v) is 8.96. The van der Waals surface area contributed by atoms with Crippen molar-refractivity contribution < 1.29 is 9.18 Å². The lowest BCUT2D eigenvalue weighted by Crippen LogP contribution is -2.14. The Hall–Kier alpha value is -3.30. The number of aromatic nitrogens is 4. The number of carbonyl (C=O) groups is 1. The summed E-state index contributed by atoms with van der Waals surface area (Å²) in [5.41, 5.74) is 2.22. The van der Waals surface area contributed by atoms with E-state index in [1.165, 1.54) is 29.2 Å². The van der Waals surface area contributed by atoms with Crippen LogP contribution in [0.3, 0.4) is 0 Å². The number of allylic oxidation sites excluding steroid dienone is 1. The standard InChI is InChI=1S/C23H20FN5OS2/c1-3-13-29-21(17-11-7-8-12-18(17)24)27-28-23(29)31-14-19(30)25-22-26-20(15(2)32-22)16-9-5-4-6-10-16/h3-12H,1,13-14H2,2H3,(H,25,26,30). The fraction of sp³-hybridized carbons (Fsp3) is 0.130. The van der Waals surface area contributed by atoms with Gasteiger partial charge < -0.3 is 5.32 Å². The van der Waals surface area contributed by atoms with Crippen LogP contribution in [0.5, 0.6) is 0 Å². The summed E-state index contributed by atoms with van der Waals surface area (Å²) in [5.74, 6) is -0.0722. The molecule has 0 atom stereocenters. The third kappa shape index (κ3) is 4.79. The predicted molar refractivity (Wildman–Crippen MR) is 127 cm³/mol. The first-order chi connectivity index (χ1) is 15.6. The molecule has 0 saturated carbocycles. The molecule has 0 aliphatic carbocycles. The number of thioether (sulfide) groups is 1. The SMILES string of the molecule is C=CCn1c(SCC(=O)Nc2nc(-c3ccccc3)c(C)s2)nnc1-c1ccccc1F. The van der Waals surface area contributed by atoms with E-state index in [0.29, 0.717) is 28.2 Å². The average Bonchev–Trinajstić information content (AvgIpc) is 3.36. The fourth-order valence-electron chi connectivity index (χ4n) is 3.13. The van der Waals surface area contributed by atoms with Crippen molar-refractivity contribution in [2.75, 3.05) is 11.1 Å². The quantitative estimate of drug-likeness (QED) is 0.277. The first-order valence-corrected chi connectivity index (χ1v) is 11.6. The molecule has 32 heavy (non-hydrogen) atoms. The zero-order valence-electron chi connectivity index (χ0n) is 17.3. The second kappa shape index (κ2) is 9.88. The summed E-state index contributed by atoms with van der Waals surface area (Å²) >= 11 is 2.66. The van der Waals surface area contributed by atoms with E-state index in [0.717, 1.165) is 16.1 Å². The first kappa shape index (κ1) is 21.9. The summed E-state index contributed by atoms with van der Waals surface area (Å²) in [4.78, 5) is 18.1. The highest BCUT2D eigenvalue weighted by atomic mass is 32.2. The molecule has 0 aliphatic heterocycles. The molecule has 4 rings (SSSR count). The highest BCUT2D eigenvalue weighted by molar-refractivity contribution is 7.99. The lowest BCUT2D eigenvalue weighted by atomic mass is 10.1. The van der Waals surface area contributed by atoms with E-state index in [1.54, 1.807) is 28.8 Å². The van der Waals surface area contributed by atoms with Crippen LogP contribution in [0.2, 0.25) is 0 Å². The van der Waals surface area contributed by atoms with Crippen LogP contribution >= 0.6 is 23.1 Å². The van der Waals surface area contributed by atoms with Gasteiger partial charge in [0.25, 0.3) is 0 Å². The molecule has 0 spiro atoms. The highest BCUT2D eigenvalue weighted by Gasteiger charge is 2.18. The van der Waals surface area contributed by atoms with Gasteiger partial charge in [-0.05, 0) is 19.1 Å². The Morgan fingerprint density at radius 3 is 2.69 bits per heavy atom. The van der Waals surface area contributed by atoms with Crippen molar-refractivity contribution in [3.8, 4) is 22.6 Å². The van der Waals surface area contributed by atoms with Crippen LogP contribution in [0.1, 0.15) is 4.88 Å². The van der Waals surface area contributed by atoms with Crippen molar-refractivity contribution in [2.24, 2.45) is 0 Å². The van der Waals surface area contributed by atoms with E-state index in [2.05, 4.69) is 27.1 Å². The number of nitrogens with one attached hydrogen (secondary N) is 1. The van der Waals surface area contributed by atoms with Gasteiger partial charge >= 0.3 is 0 Å². The Balaban J connectivity index is 1.46. The molecular weight excluding hydrogens is 445 g/mol. The molecular formula is C23H20FN5OS2. The third-order valence-corrected chi connectivity index (χ3v) is 6.42. The van der Waals surface area contributed by atoms with E-state index in [4.69, 9.17) is 0 Å². The van der Waals surface area contributed by atoms with Crippen molar-refractivity contribution in [1.29, 1.82) is 0 Å². The van der Waals surface area contributed by atoms with Crippen LogP contribution in [-0.2, 0) is 11.3 Å². The number of rotatable bonds is 8. The normalized spacial score (nSPS) is 10.8. The van der Waals surface area contributed by atoms with E-state index >= 15 is 0 Å². The van der Waals surface area contributed by atoms with Crippen LogP contribution in [0.25, 0.3) is 22.6 Å². The number of halogens is 1. The highest BCUT2D eigenvalue weighted by Crippen LogP contribution is 2.31. The molecule has 6 nitrogen and oxygen atoms in total. The molecule has 0 radical (unpaired) electrons. The van der Waals surface area contributed by atoms with Gasteiger partial charge in [0.15, 0.2) is 16.1 Å². The van der Waals surface area contributed by atoms with Gasteiger partial charge in [-0.2, -0.15) is 0 Å². The molecule has 4 aromatic rings. The topological polar surface area (TPSA) is 72.7 Å². The van der Waals surface area contributed by atoms with E-state index < -0.39 is 0 Å². The van der Waals surface area contributed by atoms with E-state index in [-0.39, 0.29) is 17.5 Å². The van der Waals surface area contributed by atoms with E-state index in [1.807, 2.05) is 37.3 Å². The van der Waals surface area contributed by atoms with Gasteiger partial charge in [0.1, 0.15) is 5.82 Å². The van der Waals surface area contributed by atoms with Crippen molar-refractivity contribution in [1.82, 2.24) is 19.7 Å². The molecule has 0 bridgehead atoms. The largest absolute Gasteiger partial charge is 0.301 e. The Kier molecular flexibility index (Phi) is 6.77. The van der Waals surface area contributed by atoms with Gasteiger partial charge in [0, 0.05) is 17.0 Å². The summed E-state index contributed by atoms with van der Waals surface area (Å²) < 4.78 is 16.0. The number of thiazole rings is 1. The smallest absolute Gasteiger partial charge is 0.236 e. The van der Waals surface area contributed by atoms with Gasteiger partial charge in [0.2, 0.25) is 5.91 Å². The fourth-order valence-corrected chi connectivity index (χ4v) is 4.73. The molecule has 9 heteroatoms. The molecule has 2 heterocycles. The zero-order valence-corrected chi connectivity index (χ0v) is 18.9. The molecule has 1 amide bonds. The molecule has 0 saturated heterocycles. The molecule has 0 aliphatic rings. The predicted octanol–water partition coefficient (Wildman–Crippen LogP) is 5.43. The minimum absolute atomic E-state index is 0.117. The summed E-state index contributed by atoms with van der Waals surface area (Å²) in [6.07, 6.45) is 1.68. The van der Waals surface area contributed by atoms with Gasteiger partial charge in [0.05, 0.1) is 17.0 Å². The second-order valence-electron chi connectivity index (χ2n) is 6.81. The maximum atomic E-state index is 14.2. The van der Waals surface area contributed by atoms with Crippen LogP contribution < -0.4 is 5.32 Å². The van der Waals surface area contributed by atoms with Gasteiger partial charge in [-0.1, -0.05) is 60.3 Å². The lowest BCUT2D eigenvalue weighted by Gasteiger charge is -2.08. The minimum atomic E-state index is -0.382. The Bertz CT molecular complexity index is 1250. The van der Waals surface area contributed by atoms with Gasteiger partial charge in [-0.15, -0.1) is 28.1 Å². The van der Waals surface area contributed by atoms with Crippen LogP contribution in [0.15, 0.2) is 72.4 Å². The number of nitrogens with zero attached hydrogens (tertiary/aromatic N) is 4. The van der Waals surface area contributed by atoms with Crippen molar-refractivity contribution >= 4 is 34.1 Å². The number of hydrogen-bond donors (Lipinski definition) is 1. The number of anilines is 1. The number of amides is 1. The summed E-state index contributed by atoms with van der Waals surface area (Å²) in [6.45, 7) is 6.13. The molecule has 2 aromatic carbocycles. The molecule has 1 N–H and O–H groups in total. The first-order valence-electron chi connectivity index (χ1n) is 9.81. The van der Waals surface area contributed by atoms with Crippen LogP contribution in [0, 0.1) is 12.7 Å². The Morgan fingerprint density at radius 1 is 1.19 bits per heavy atom. The lowest BCUT2D eigenvalue weighted by molar-refractivity contribution is -0.113.